The number of nitrogens with one attached hydrogen (secondary N) is 1. The first-order valence-electron chi connectivity index (χ1n) is 9.07. The quantitative estimate of drug-likeness (QED) is 0.687. The van der Waals surface area contributed by atoms with Gasteiger partial charge in [0.05, 0.1) is 30.7 Å². The van der Waals surface area contributed by atoms with E-state index in [9.17, 15) is 4.79 Å². The Bertz CT molecular complexity index is 917. The van der Waals surface area contributed by atoms with Gasteiger partial charge >= 0.3 is 0 Å². The normalized spacial score (nSPS) is 10.6. The zero-order valence-corrected chi connectivity index (χ0v) is 16.0. The van der Waals surface area contributed by atoms with Crippen molar-refractivity contribution in [1.82, 2.24) is 9.78 Å². The summed E-state index contributed by atoms with van der Waals surface area (Å²) >= 11 is 0. The third-order valence-electron chi connectivity index (χ3n) is 4.60. The lowest BCUT2D eigenvalue weighted by molar-refractivity contribution is -0.116. The monoisotopic (exact) mass is 363 g/mol. The first-order valence-corrected chi connectivity index (χ1v) is 9.07. The molecule has 1 N–H and O–H groups in total. The molecule has 1 amide bonds. The molecule has 0 saturated carbocycles. The molecule has 140 valence electrons. The van der Waals surface area contributed by atoms with Gasteiger partial charge < -0.3 is 10.1 Å². The van der Waals surface area contributed by atoms with Crippen LogP contribution in [-0.4, -0.2) is 22.8 Å². The van der Waals surface area contributed by atoms with Gasteiger partial charge in [0, 0.05) is 6.42 Å². The highest BCUT2D eigenvalue weighted by Gasteiger charge is 2.14. The van der Waals surface area contributed by atoms with Gasteiger partial charge in [-0.25, -0.2) is 0 Å². The van der Waals surface area contributed by atoms with Crippen LogP contribution in [0, 0.1) is 13.8 Å². The molecule has 5 heteroatoms. The minimum atomic E-state index is 0.00554. The Balaban J connectivity index is 1.67. The van der Waals surface area contributed by atoms with E-state index in [0.717, 1.165) is 40.4 Å². The fraction of sp³-hybridized carbons (Fsp3) is 0.273. The van der Waals surface area contributed by atoms with Crippen LogP contribution in [0.15, 0.2) is 54.6 Å². The van der Waals surface area contributed by atoms with Crippen LogP contribution in [-0.2, 0) is 17.8 Å². The lowest BCUT2D eigenvalue weighted by atomic mass is 10.1. The van der Waals surface area contributed by atoms with Crippen LogP contribution in [0.3, 0.4) is 0 Å². The largest absolute Gasteiger partial charge is 0.497 e. The minimum Gasteiger partial charge on any atom is -0.497 e. The molecule has 1 heterocycles. The predicted octanol–water partition coefficient (Wildman–Crippen LogP) is 4.13. The number of methoxy groups -OCH3 is 1. The third kappa shape index (κ3) is 4.76. The van der Waals surface area contributed by atoms with Crippen molar-refractivity contribution in [3.8, 4) is 5.75 Å². The Hall–Kier alpha value is -3.08. The summed E-state index contributed by atoms with van der Waals surface area (Å²) in [6.45, 7) is 4.53. The van der Waals surface area contributed by atoms with E-state index < -0.39 is 0 Å². The number of aryl methyl sites for hydroxylation is 2. The van der Waals surface area contributed by atoms with E-state index in [4.69, 9.17) is 4.74 Å². The van der Waals surface area contributed by atoms with Crippen LogP contribution in [0.25, 0.3) is 0 Å². The smallest absolute Gasteiger partial charge is 0.224 e. The molecular formula is C22H25N3O2. The van der Waals surface area contributed by atoms with Crippen LogP contribution in [0.5, 0.6) is 5.75 Å². The fourth-order valence-electron chi connectivity index (χ4n) is 3.08. The summed E-state index contributed by atoms with van der Waals surface area (Å²) < 4.78 is 7.19. The molecule has 3 aromatic rings. The van der Waals surface area contributed by atoms with E-state index in [2.05, 4.69) is 10.4 Å². The summed E-state index contributed by atoms with van der Waals surface area (Å²) in [6.07, 6.45) is 1.17. The molecule has 0 aliphatic heterocycles. The van der Waals surface area contributed by atoms with Crippen molar-refractivity contribution in [2.24, 2.45) is 0 Å². The van der Waals surface area contributed by atoms with Crippen LogP contribution in [0.2, 0.25) is 0 Å². The predicted molar refractivity (Wildman–Crippen MR) is 107 cm³/mol. The van der Waals surface area contributed by atoms with Crippen molar-refractivity contribution in [3.05, 3.63) is 77.1 Å². The van der Waals surface area contributed by atoms with Crippen molar-refractivity contribution in [2.75, 3.05) is 12.4 Å². The fourth-order valence-corrected chi connectivity index (χ4v) is 3.08. The first-order chi connectivity index (χ1) is 13.1. The average Bonchev–Trinajstić information content (AvgIpc) is 2.94. The molecule has 0 unspecified atom stereocenters. The van der Waals surface area contributed by atoms with Crippen LogP contribution >= 0.6 is 0 Å². The Morgan fingerprint density at radius 1 is 1.07 bits per heavy atom. The molecule has 0 aliphatic carbocycles. The second-order valence-corrected chi connectivity index (χ2v) is 6.59. The van der Waals surface area contributed by atoms with Crippen molar-refractivity contribution < 1.29 is 9.53 Å². The topological polar surface area (TPSA) is 56.1 Å². The summed E-state index contributed by atoms with van der Waals surface area (Å²) in [5.74, 6) is 0.828. The maximum absolute atomic E-state index is 12.4. The van der Waals surface area contributed by atoms with Gasteiger partial charge in [-0.05, 0) is 43.5 Å². The first kappa shape index (κ1) is 18.7. The Morgan fingerprint density at radius 3 is 2.56 bits per heavy atom. The molecule has 1 aromatic heterocycles. The Kier molecular flexibility index (Phi) is 5.91. The maximum atomic E-state index is 12.4. The molecule has 2 aromatic carbocycles. The molecule has 0 spiro atoms. The summed E-state index contributed by atoms with van der Waals surface area (Å²) in [7, 11) is 1.66. The molecule has 0 atom stereocenters. The number of anilines is 1. The molecule has 0 bridgehead atoms. The van der Waals surface area contributed by atoms with E-state index in [-0.39, 0.29) is 5.91 Å². The molecule has 0 saturated heterocycles. The molecule has 0 aliphatic rings. The second-order valence-electron chi connectivity index (χ2n) is 6.59. The third-order valence-corrected chi connectivity index (χ3v) is 4.60. The van der Waals surface area contributed by atoms with Gasteiger partial charge in [-0.1, -0.05) is 42.5 Å². The van der Waals surface area contributed by atoms with Crippen LogP contribution in [0.4, 0.5) is 5.69 Å². The van der Waals surface area contributed by atoms with Gasteiger partial charge in [0.25, 0.3) is 0 Å². The standard InChI is InChI=1S/C22H25N3O2/c1-16-22(23-21(26)13-12-18-8-5-4-6-9-18)17(2)25(24-16)15-19-10-7-11-20(14-19)27-3/h4-11,14H,12-13,15H2,1-3H3,(H,23,26). The van der Waals surface area contributed by atoms with Crippen molar-refractivity contribution in [2.45, 2.75) is 33.2 Å². The van der Waals surface area contributed by atoms with Gasteiger partial charge in [-0.2, -0.15) is 5.10 Å². The lowest BCUT2D eigenvalue weighted by Gasteiger charge is -2.08. The number of ether oxygens (including phenoxy) is 1. The van der Waals surface area contributed by atoms with Gasteiger partial charge in [0.1, 0.15) is 5.75 Å². The van der Waals surface area contributed by atoms with Gasteiger partial charge in [0.15, 0.2) is 0 Å². The van der Waals surface area contributed by atoms with Crippen molar-refractivity contribution in [1.29, 1.82) is 0 Å². The number of carbonyl (C=O) groups is 1. The van der Waals surface area contributed by atoms with Gasteiger partial charge in [-0.3, -0.25) is 9.48 Å². The van der Waals surface area contributed by atoms with Crippen LogP contribution < -0.4 is 10.1 Å². The zero-order valence-electron chi connectivity index (χ0n) is 16.0. The van der Waals surface area contributed by atoms with E-state index in [1.54, 1.807) is 7.11 Å². The highest BCUT2D eigenvalue weighted by Crippen LogP contribution is 2.22. The number of carbonyl (C=O) groups excluding carboxylic acids is 1. The lowest BCUT2D eigenvalue weighted by Crippen LogP contribution is -2.13. The highest BCUT2D eigenvalue weighted by atomic mass is 16.5. The van der Waals surface area contributed by atoms with Crippen molar-refractivity contribution >= 4 is 11.6 Å². The number of benzene rings is 2. The number of rotatable bonds is 7. The zero-order chi connectivity index (χ0) is 19.2. The van der Waals surface area contributed by atoms with E-state index >= 15 is 0 Å². The molecule has 0 radical (unpaired) electrons. The Morgan fingerprint density at radius 2 is 1.81 bits per heavy atom. The van der Waals surface area contributed by atoms with Gasteiger partial charge in [0.2, 0.25) is 5.91 Å². The summed E-state index contributed by atoms with van der Waals surface area (Å²) in [6, 6.07) is 18.0. The van der Waals surface area contributed by atoms with Gasteiger partial charge in [-0.15, -0.1) is 0 Å². The number of amides is 1. The summed E-state index contributed by atoms with van der Waals surface area (Å²) in [5, 5.41) is 7.62. The number of nitrogens with zero attached hydrogens (tertiary/aromatic N) is 2. The minimum absolute atomic E-state index is 0.00554. The summed E-state index contributed by atoms with van der Waals surface area (Å²) in [4.78, 5) is 12.4. The molecular weight excluding hydrogens is 338 g/mol. The number of hydrogen-bond donors (Lipinski definition) is 1. The molecule has 27 heavy (non-hydrogen) atoms. The second kappa shape index (κ2) is 8.54. The molecule has 3 rings (SSSR count). The SMILES string of the molecule is COc1cccc(Cn2nc(C)c(NC(=O)CCc3ccccc3)c2C)c1. The number of aromatic nitrogens is 2. The summed E-state index contributed by atoms with van der Waals surface area (Å²) in [5.41, 5.74) is 4.83. The Labute approximate surface area is 160 Å². The molecule has 0 fully saturated rings. The van der Waals surface area contributed by atoms with E-state index in [1.807, 2.05) is 73.1 Å². The van der Waals surface area contributed by atoms with E-state index in [1.165, 1.54) is 0 Å². The number of hydrogen-bond acceptors (Lipinski definition) is 3. The molecule has 5 nitrogen and oxygen atoms in total. The van der Waals surface area contributed by atoms with Crippen LogP contribution in [0.1, 0.15) is 28.9 Å². The highest BCUT2D eigenvalue weighted by molar-refractivity contribution is 5.92. The van der Waals surface area contributed by atoms with Crippen molar-refractivity contribution in [3.63, 3.8) is 0 Å². The average molecular weight is 363 g/mol. The maximum Gasteiger partial charge on any atom is 0.224 e. The van der Waals surface area contributed by atoms with E-state index in [0.29, 0.717) is 13.0 Å².